The molecule has 1 aromatic heterocycles. The molecule has 1 fully saturated rings. The van der Waals surface area contributed by atoms with E-state index in [1.807, 2.05) is 0 Å². The van der Waals surface area contributed by atoms with E-state index >= 15 is 0 Å². The molecule has 6 N–H and O–H groups in total. The van der Waals surface area contributed by atoms with Gasteiger partial charge in [0.2, 0.25) is 18.2 Å². The van der Waals surface area contributed by atoms with E-state index in [0.717, 1.165) is 12.1 Å². The minimum atomic E-state index is -4.52. The number of aryl methyl sites for hydroxylation is 1. The number of hydrogen-bond donors (Lipinski definition) is 6. The molecule has 0 saturated heterocycles. The summed E-state index contributed by atoms with van der Waals surface area (Å²) in [5.74, 6) is -1.81. The molecule has 1 saturated carbocycles. The second-order valence-electron chi connectivity index (χ2n) is 8.54. The lowest BCUT2D eigenvalue weighted by atomic mass is 10.1. The van der Waals surface area contributed by atoms with Crippen molar-refractivity contribution in [2.45, 2.75) is 44.4 Å². The van der Waals surface area contributed by atoms with Gasteiger partial charge in [0, 0.05) is 6.08 Å². The Labute approximate surface area is 203 Å². The molecule has 1 aliphatic carbocycles. The van der Waals surface area contributed by atoms with Gasteiger partial charge in [-0.2, -0.15) is 13.2 Å². The lowest BCUT2D eigenvalue weighted by molar-refractivity contribution is -0.137. The summed E-state index contributed by atoms with van der Waals surface area (Å²) in [4.78, 5) is 40.7. The number of benzene rings is 1. The fraction of sp³-hybridized carbons (Fsp3) is 0.304. The van der Waals surface area contributed by atoms with Gasteiger partial charge in [-0.25, -0.2) is 0 Å². The van der Waals surface area contributed by atoms with Crippen LogP contribution in [-0.4, -0.2) is 39.7 Å². The average Bonchev–Trinajstić information content (AvgIpc) is 3.59. The second-order valence-corrected chi connectivity index (χ2v) is 8.54. The van der Waals surface area contributed by atoms with Gasteiger partial charge in [-0.1, -0.05) is 11.6 Å². The Kier molecular flexibility index (Phi) is 6.59. The van der Waals surface area contributed by atoms with Gasteiger partial charge in [0.1, 0.15) is 11.2 Å². The summed E-state index contributed by atoms with van der Waals surface area (Å²) in [7, 11) is 0. The summed E-state index contributed by atoms with van der Waals surface area (Å²) in [6, 6.07) is 7.07. The fourth-order valence-electron chi connectivity index (χ4n) is 3.58. The average molecular weight is 504 g/mol. The molecule has 1 aliphatic heterocycles. The molecular weight excluding hydrogens is 481 g/mol. The Morgan fingerprint density at radius 3 is 2.56 bits per heavy atom. The molecule has 2 aromatic rings. The molecule has 2 aliphatic rings. The Hall–Kier alpha value is -4.13. The van der Waals surface area contributed by atoms with Crippen molar-refractivity contribution in [3.63, 3.8) is 0 Å². The first-order valence-corrected chi connectivity index (χ1v) is 10.9. The third-order valence-electron chi connectivity index (χ3n) is 5.64. The van der Waals surface area contributed by atoms with Crippen molar-refractivity contribution >= 4 is 29.1 Å². The van der Waals surface area contributed by atoms with E-state index in [1.165, 1.54) is 12.3 Å². The van der Waals surface area contributed by atoms with Gasteiger partial charge in [-0.15, -0.1) is 0 Å². The van der Waals surface area contributed by atoms with Crippen LogP contribution in [0.2, 0.25) is 0 Å². The van der Waals surface area contributed by atoms with Gasteiger partial charge in [-0.05, 0) is 44.0 Å². The van der Waals surface area contributed by atoms with E-state index in [1.54, 1.807) is 25.1 Å². The highest BCUT2D eigenvalue weighted by molar-refractivity contribution is 6.04. The van der Waals surface area contributed by atoms with Gasteiger partial charge in [0.25, 0.3) is 5.91 Å². The maximum Gasteiger partial charge on any atom is 0.418 e. The topological polar surface area (TPSA) is 144 Å². The molecule has 13 heteroatoms. The number of aliphatic hydroxyl groups excluding tert-OH is 1. The number of anilines is 2. The largest absolute Gasteiger partial charge is 0.418 e. The molecule has 1 aromatic carbocycles. The molecule has 3 amide bonds. The Balaban J connectivity index is 1.34. The van der Waals surface area contributed by atoms with E-state index in [9.17, 15) is 32.7 Å². The number of pyridine rings is 1. The predicted molar refractivity (Wildman–Crippen MR) is 121 cm³/mol. The third-order valence-corrected chi connectivity index (χ3v) is 5.64. The number of aromatic nitrogens is 1. The monoisotopic (exact) mass is 504 g/mol. The highest BCUT2D eigenvalue weighted by Gasteiger charge is 2.51. The van der Waals surface area contributed by atoms with Crippen LogP contribution in [0.15, 0.2) is 48.3 Å². The van der Waals surface area contributed by atoms with Crippen LogP contribution in [0.1, 0.15) is 29.7 Å². The van der Waals surface area contributed by atoms with Crippen molar-refractivity contribution in [2.24, 2.45) is 0 Å². The fourth-order valence-corrected chi connectivity index (χ4v) is 3.58. The van der Waals surface area contributed by atoms with Crippen molar-refractivity contribution in [3.05, 3.63) is 65.1 Å². The highest BCUT2D eigenvalue weighted by atomic mass is 19.4. The molecule has 1 unspecified atom stereocenters. The zero-order valence-electron chi connectivity index (χ0n) is 19.0. The van der Waals surface area contributed by atoms with Gasteiger partial charge in [0.15, 0.2) is 0 Å². The molecular formula is C23H23F3N6O4. The molecule has 4 rings (SSSR count). The summed E-state index contributed by atoms with van der Waals surface area (Å²) in [6.07, 6.45) is -2.82. The summed E-state index contributed by atoms with van der Waals surface area (Å²) in [5.41, 5.74) is -0.926. The Morgan fingerprint density at radius 1 is 1.19 bits per heavy atom. The van der Waals surface area contributed by atoms with Crippen molar-refractivity contribution in [2.75, 3.05) is 5.32 Å². The molecule has 2 heterocycles. The van der Waals surface area contributed by atoms with E-state index in [2.05, 4.69) is 31.6 Å². The quantitative estimate of drug-likeness (QED) is 0.334. The molecule has 36 heavy (non-hydrogen) atoms. The van der Waals surface area contributed by atoms with Crippen LogP contribution in [0.25, 0.3) is 0 Å². The van der Waals surface area contributed by atoms with E-state index < -0.39 is 41.4 Å². The zero-order valence-corrected chi connectivity index (χ0v) is 19.0. The molecule has 1 atom stereocenters. The van der Waals surface area contributed by atoms with Crippen LogP contribution < -0.4 is 26.6 Å². The number of carbonyl (C=O) groups excluding carboxylic acids is 3. The van der Waals surface area contributed by atoms with Crippen molar-refractivity contribution in [1.29, 1.82) is 0 Å². The number of nitrogens with one attached hydrogen (secondary N) is 5. The number of aliphatic hydroxyl groups is 1. The number of halogens is 3. The van der Waals surface area contributed by atoms with Crippen LogP contribution in [0.5, 0.6) is 0 Å². The lowest BCUT2D eigenvalue weighted by Gasteiger charge is -2.23. The van der Waals surface area contributed by atoms with Crippen molar-refractivity contribution in [1.82, 2.24) is 26.3 Å². The minimum Gasteiger partial charge on any atom is -0.356 e. The molecule has 0 spiro atoms. The SMILES string of the molecule is Cc1ccc(Nc2ccc(CNC(=O)C3(NC(=O)C4=CC(=O)NC(O)N4)CC3)nc2)c(C(F)(F)F)c1. The molecule has 0 bridgehead atoms. The van der Waals surface area contributed by atoms with Crippen LogP contribution in [0.3, 0.4) is 0 Å². The zero-order chi connectivity index (χ0) is 26.1. The summed E-state index contributed by atoms with van der Waals surface area (Å²) < 4.78 is 40.0. The smallest absolute Gasteiger partial charge is 0.356 e. The first-order chi connectivity index (χ1) is 16.9. The van der Waals surface area contributed by atoms with Gasteiger partial charge < -0.3 is 31.7 Å². The maximum absolute atomic E-state index is 13.3. The number of carbonyl (C=O) groups is 3. The maximum atomic E-state index is 13.3. The van der Waals surface area contributed by atoms with E-state index in [4.69, 9.17) is 0 Å². The highest BCUT2D eigenvalue weighted by Crippen LogP contribution is 2.37. The number of hydrogen-bond acceptors (Lipinski definition) is 7. The number of amides is 3. The summed E-state index contributed by atoms with van der Waals surface area (Å²) in [5, 5.41) is 22.0. The normalized spacial score (nSPS) is 18.3. The lowest BCUT2D eigenvalue weighted by Crippen LogP contribution is -2.54. The standard InChI is InChI=1S/C23H23F3N6O4/c1-12-2-5-16(15(8-12)23(24,25)26)29-14-4-3-13(27-11-14)10-28-20(35)22(6-7-22)32-19(34)17-9-18(33)31-21(36)30-17/h2-5,8-9,11,21,29-30,36H,6-7,10H2,1H3,(H,28,35)(H,31,33)(H,32,34). The third kappa shape index (κ3) is 5.74. The van der Waals surface area contributed by atoms with E-state index in [0.29, 0.717) is 29.8 Å². The van der Waals surface area contributed by atoms with Gasteiger partial charge >= 0.3 is 6.18 Å². The van der Waals surface area contributed by atoms with Crippen LogP contribution in [-0.2, 0) is 27.1 Å². The van der Waals surface area contributed by atoms with Gasteiger partial charge in [0.05, 0.1) is 35.4 Å². The first kappa shape index (κ1) is 25.0. The number of rotatable bonds is 7. The number of nitrogens with zero attached hydrogens (tertiary/aromatic N) is 1. The first-order valence-electron chi connectivity index (χ1n) is 10.9. The van der Waals surface area contributed by atoms with Crippen LogP contribution >= 0.6 is 0 Å². The molecule has 190 valence electrons. The summed E-state index contributed by atoms with van der Waals surface area (Å²) >= 11 is 0. The Morgan fingerprint density at radius 2 is 1.94 bits per heavy atom. The van der Waals surface area contributed by atoms with Crippen LogP contribution in [0.4, 0.5) is 24.5 Å². The van der Waals surface area contributed by atoms with E-state index in [-0.39, 0.29) is 17.9 Å². The van der Waals surface area contributed by atoms with Crippen molar-refractivity contribution in [3.8, 4) is 0 Å². The van der Waals surface area contributed by atoms with Crippen molar-refractivity contribution < 1.29 is 32.7 Å². The van der Waals surface area contributed by atoms with Gasteiger partial charge in [-0.3, -0.25) is 19.4 Å². The molecule has 10 nitrogen and oxygen atoms in total. The minimum absolute atomic E-state index is 0.0249. The number of alkyl halides is 3. The Bertz CT molecular complexity index is 1230. The van der Waals surface area contributed by atoms with Crippen LogP contribution in [0, 0.1) is 6.92 Å². The second kappa shape index (κ2) is 9.49. The predicted octanol–water partition coefficient (Wildman–Crippen LogP) is 1.30. The summed E-state index contributed by atoms with van der Waals surface area (Å²) in [6.45, 7) is 1.60. The molecule has 0 radical (unpaired) electrons.